The van der Waals surface area contributed by atoms with Gasteiger partial charge in [0.25, 0.3) is 0 Å². The summed E-state index contributed by atoms with van der Waals surface area (Å²) in [4.78, 5) is 0. The van der Waals surface area contributed by atoms with E-state index in [1.807, 2.05) is 0 Å². The van der Waals surface area contributed by atoms with Gasteiger partial charge in [0.05, 0.1) is 12.2 Å². The second kappa shape index (κ2) is 4.05. The predicted octanol–water partition coefficient (Wildman–Crippen LogP) is -0.789. The smallest absolute Gasteiger partial charge is 0.202 e. The average molecular weight is 198 g/mol. The van der Waals surface area contributed by atoms with Crippen molar-refractivity contribution in [2.75, 3.05) is 13.1 Å². The third kappa shape index (κ3) is 1.93. The Balaban J connectivity index is 2.07. The Kier molecular flexibility index (Phi) is 2.78. The summed E-state index contributed by atoms with van der Waals surface area (Å²) < 4.78 is 1.77. The molecule has 0 amide bonds. The number of rotatable bonds is 2. The molecule has 1 fully saturated rings. The van der Waals surface area contributed by atoms with Gasteiger partial charge < -0.3 is 10.5 Å². The molecule has 1 aromatic rings. The van der Waals surface area contributed by atoms with E-state index in [1.54, 1.807) is 10.9 Å². The van der Waals surface area contributed by atoms with Crippen LogP contribution in [0.25, 0.3) is 0 Å². The molecule has 2 heterocycles. The number of hydrogen-bond donors (Lipinski definition) is 3. The number of aromatic nitrogens is 2. The van der Waals surface area contributed by atoms with Gasteiger partial charge >= 0.3 is 0 Å². The maximum atomic E-state index is 10.6. The highest BCUT2D eigenvalue weighted by Gasteiger charge is 2.16. The molecule has 1 aromatic heterocycles. The van der Waals surface area contributed by atoms with E-state index >= 15 is 0 Å². The van der Waals surface area contributed by atoms with Crippen LogP contribution in [0.5, 0.6) is 0 Å². The molecule has 3 N–H and O–H groups in total. The van der Waals surface area contributed by atoms with Crippen LogP contribution in [0.15, 0.2) is 12.4 Å². The molecule has 78 valence electrons. The first-order chi connectivity index (χ1) is 6.77. The fourth-order valence-corrected chi connectivity index (χ4v) is 1.72. The predicted molar refractivity (Wildman–Crippen MR) is 49.1 cm³/mol. The van der Waals surface area contributed by atoms with E-state index in [2.05, 4.69) is 10.4 Å². The summed E-state index contributed by atoms with van der Waals surface area (Å²) in [7, 11) is 0. The summed E-state index contributed by atoms with van der Waals surface area (Å²) in [6, 6.07) is 0.351. The van der Waals surface area contributed by atoms with Crippen molar-refractivity contribution in [3.05, 3.63) is 17.6 Å². The summed E-state index contributed by atoms with van der Waals surface area (Å²) in [5.41, 5.74) is 0.267. The highest BCUT2D eigenvalue weighted by Crippen LogP contribution is 2.17. The largest absolute Gasteiger partial charge is 0.595 e. The summed E-state index contributed by atoms with van der Waals surface area (Å²) in [5, 5.41) is 25.8. The van der Waals surface area contributed by atoms with E-state index in [-0.39, 0.29) is 5.69 Å². The lowest BCUT2D eigenvalue weighted by atomic mass is 10.1. The molecule has 0 spiro atoms. The van der Waals surface area contributed by atoms with Crippen molar-refractivity contribution >= 4 is 5.69 Å². The Morgan fingerprint density at radius 3 is 2.86 bits per heavy atom. The monoisotopic (exact) mass is 198 g/mol. The molecule has 1 atom stereocenters. The Hall–Kier alpha value is -0.950. The van der Waals surface area contributed by atoms with Gasteiger partial charge in [0, 0.05) is 0 Å². The van der Waals surface area contributed by atoms with Crippen molar-refractivity contribution in [1.29, 1.82) is 0 Å². The molecular formula is C8H14N4O2. The van der Waals surface area contributed by atoms with E-state index in [4.69, 9.17) is 5.21 Å². The van der Waals surface area contributed by atoms with Crippen molar-refractivity contribution in [1.82, 2.24) is 15.1 Å². The maximum Gasteiger partial charge on any atom is 0.202 e. The van der Waals surface area contributed by atoms with E-state index in [0.29, 0.717) is 6.04 Å². The van der Waals surface area contributed by atoms with Crippen molar-refractivity contribution in [2.24, 2.45) is 0 Å². The molecule has 1 unspecified atom stereocenters. The van der Waals surface area contributed by atoms with E-state index < -0.39 is 5.23 Å². The number of piperidine rings is 1. The van der Waals surface area contributed by atoms with Gasteiger partial charge in [-0.25, -0.2) is 5.21 Å². The van der Waals surface area contributed by atoms with Crippen molar-refractivity contribution in [2.45, 2.75) is 18.9 Å². The van der Waals surface area contributed by atoms with E-state index in [9.17, 15) is 5.21 Å². The lowest BCUT2D eigenvalue weighted by Crippen LogP contribution is -2.99. The fraction of sp³-hybridized carbons (Fsp3) is 0.625. The van der Waals surface area contributed by atoms with E-state index in [0.717, 1.165) is 25.9 Å². The minimum atomic E-state index is -0.912. The van der Waals surface area contributed by atoms with Gasteiger partial charge in [0.15, 0.2) is 0 Å². The van der Waals surface area contributed by atoms with Gasteiger partial charge in [-0.15, -0.1) is 0 Å². The quantitative estimate of drug-likeness (QED) is 0.544. The lowest BCUT2D eigenvalue weighted by molar-refractivity contribution is -0.991. The zero-order valence-corrected chi connectivity index (χ0v) is 7.81. The summed E-state index contributed by atoms with van der Waals surface area (Å²) in [5.74, 6) is 0. The SMILES string of the molecule is [O-][NH+](O)c1cnn(C2CCNCC2)c1. The first-order valence-electron chi connectivity index (χ1n) is 4.75. The molecule has 14 heavy (non-hydrogen) atoms. The average Bonchev–Trinajstić information content (AvgIpc) is 2.68. The molecule has 0 aromatic carbocycles. The van der Waals surface area contributed by atoms with Gasteiger partial charge in [-0.2, -0.15) is 10.3 Å². The number of nitrogens with one attached hydrogen (secondary N) is 2. The van der Waals surface area contributed by atoms with Crippen molar-refractivity contribution < 1.29 is 10.4 Å². The molecule has 0 bridgehead atoms. The molecule has 2 rings (SSSR count). The van der Waals surface area contributed by atoms with Crippen LogP contribution in [-0.2, 0) is 0 Å². The molecule has 1 aliphatic heterocycles. The lowest BCUT2D eigenvalue weighted by Gasteiger charge is -2.22. The summed E-state index contributed by atoms with van der Waals surface area (Å²) >= 11 is 0. The van der Waals surface area contributed by atoms with Crippen LogP contribution in [0, 0.1) is 5.21 Å². The van der Waals surface area contributed by atoms with Gasteiger partial charge in [-0.05, 0) is 25.9 Å². The second-order valence-electron chi connectivity index (χ2n) is 3.50. The Morgan fingerprint density at radius 2 is 2.29 bits per heavy atom. The van der Waals surface area contributed by atoms with Crippen LogP contribution in [0.1, 0.15) is 18.9 Å². The standard InChI is InChI=1S/C8H14N4O2/c13-12(14)8-5-10-11(6-8)7-1-3-9-4-2-7/h5-7,9,12-13H,1-4H2. The summed E-state index contributed by atoms with van der Waals surface area (Å²) in [6.45, 7) is 1.96. The summed E-state index contributed by atoms with van der Waals surface area (Å²) in [6.07, 6.45) is 5.05. The molecule has 6 nitrogen and oxygen atoms in total. The number of quaternary nitrogens is 1. The minimum absolute atomic E-state index is 0.267. The first kappa shape index (κ1) is 9.60. The molecule has 1 saturated heterocycles. The first-order valence-corrected chi connectivity index (χ1v) is 4.75. The topological polar surface area (TPSA) is 77.6 Å². The van der Waals surface area contributed by atoms with Crippen LogP contribution >= 0.6 is 0 Å². The fourth-order valence-electron chi connectivity index (χ4n) is 1.72. The Labute approximate surface area is 81.7 Å². The molecule has 6 heteroatoms. The molecule has 0 aliphatic carbocycles. The number of nitrogens with zero attached hydrogens (tertiary/aromatic N) is 2. The third-order valence-corrected chi connectivity index (χ3v) is 2.53. The zero-order valence-electron chi connectivity index (χ0n) is 7.81. The van der Waals surface area contributed by atoms with Crippen LogP contribution in [0.4, 0.5) is 5.69 Å². The zero-order chi connectivity index (χ0) is 9.97. The molecule has 0 saturated carbocycles. The van der Waals surface area contributed by atoms with Crippen LogP contribution in [0.3, 0.4) is 0 Å². The highest BCUT2D eigenvalue weighted by atomic mass is 16.8. The minimum Gasteiger partial charge on any atom is -0.595 e. The van der Waals surface area contributed by atoms with Crippen LogP contribution < -0.4 is 10.5 Å². The Morgan fingerprint density at radius 1 is 1.57 bits per heavy atom. The van der Waals surface area contributed by atoms with Gasteiger partial charge in [-0.3, -0.25) is 4.68 Å². The second-order valence-corrected chi connectivity index (χ2v) is 3.50. The van der Waals surface area contributed by atoms with Crippen LogP contribution in [0.2, 0.25) is 0 Å². The highest BCUT2D eigenvalue weighted by molar-refractivity contribution is 5.20. The van der Waals surface area contributed by atoms with Gasteiger partial charge in [-0.1, -0.05) is 0 Å². The van der Waals surface area contributed by atoms with Gasteiger partial charge in [0.1, 0.15) is 6.20 Å². The third-order valence-electron chi connectivity index (χ3n) is 2.53. The maximum absolute atomic E-state index is 10.6. The molecule has 0 radical (unpaired) electrons. The van der Waals surface area contributed by atoms with Gasteiger partial charge in [0.2, 0.25) is 5.69 Å². The van der Waals surface area contributed by atoms with Crippen molar-refractivity contribution in [3.63, 3.8) is 0 Å². The normalized spacial score (nSPS) is 21.0. The van der Waals surface area contributed by atoms with E-state index in [1.165, 1.54) is 6.20 Å². The Bertz CT molecular complexity index is 293. The molecule has 1 aliphatic rings. The van der Waals surface area contributed by atoms with Crippen LogP contribution in [-0.4, -0.2) is 28.1 Å². The molecular weight excluding hydrogens is 184 g/mol. The van der Waals surface area contributed by atoms with Crippen molar-refractivity contribution in [3.8, 4) is 0 Å². The number of hydrogen-bond acceptors (Lipinski definition) is 4.